The average molecular weight is 284 g/mol. The van der Waals surface area contributed by atoms with Gasteiger partial charge in [-0.25, -0.2) is 0 Å². The molecule has 0 aromatic carbocycles. The maximum atomic E-state index is 12.1. The van der Waals surface area contributed by atoms with Gasteiger partial charge in [0.15, 0.2) is 0 Å². The number of carbonyl (C=O) groups excluding carboxylic acids is 2. The molecule has 1 aliphatic rings. The minimum Gasteiger partial charge on any atom is -0.459 e. The van der Waals surface area contributed by atoms with Crippen molar-refractivity contribution in [3.8, 4) is 0 Å². The van der Waals surface area contributed by atoms with Crippen LogP contribution in [-0.2, 0) is 14.3 Å². The Hall–Kier alpha value is -1.10. The van der Waals surface area contributed by atoms with Crippen LogP contribution in [0.15, 0.2) is 0 Å². The minimum absolute atomic E-state index is 0.0482. The van der Waals surface area contributed by atoms with E-state index in [0.717, 1.165) is 19.4 Å². The van der Waals surface area contributed by atoms with E-state index >= 15 is 0 Å². The number of hydrogen-bond donors (Lipinski definition) is 1. The first-order valence-corrected chi connectivity index (χ1v) is 7.26. The van der Waals surface area contributed by atoms with Crippen molar-refractivity contribution in [3.05, 3.63) is 0 Å². The normalized spacial score (nSPS) is 20.8. The van der Waals surface area contributed by atoms with Crippen LogP contribution >= 0.6 is 0 Å². The third-order valence-electron chi connectivity index (χ3n) is 2.90. The highest BCUT2D eigenvalue weighted by molar-refractivity contribution is 5.81. The van der Waals surface area contributed by atoms with E-state index in [9.17, 15) is 9.59 Å². The summed E-state index contributed by atoms with van der Waals surface area (Å²) in [7, 11) is 0. The monoisotopic (exact) mass is 284 g/mol. The summed E-state index contributed by atoms with van der Waals surface area (Å²) in [6.07, 6.45) is 1.68. The van der Waals surface area contributed by atoms with Crippen molar-refractivity contribution in [2.45, 2.75) is 71.6 Å². The molecule has 0 saturated carbocycles. The van der Waals surface area contributed by atoms with Gasteiger partial charge in [-0.15, -0.1) is 0 Å². The Morgan fingerprint density at radius 2 is 1.80 bits per heavy atom. The fraction of sp³-hybridized carbons (Fsp3) is 0.867. The van der Waals surface area contributed by atoms with Gasteiger partial charge in [0.2, 0.25) is 5.91 Å². The lowest BCUT2D eigenvalue weighted by atomic mass is 10.1. The lowest BCUT2D eigenvalue weighted by Crippen LogP contribution is -2.49. The van der Waals surface area contributed by atoms with Gasteiger partial charge in [0.25, 0.3) is 0 Å². The van der Waals surface area contributed by atoms with Gasteiger partial charge in [-0.2, -0.15) is 0 Å². The fourth-order valence-corrected chi connectivity index (χ4v) is 2.29. The lowest BCUT2D eigenvalue weighted by molar-refractivity contribution is -0.160. The van der Waals surface area contributed by atoms with Crippen LogP contribution in [-0.4, -0.2) is 47.0 Å². The van der Waals surface area contributed by atoms with Crippen molar-refractivity contribution < 1.29 is 14.3 Å². The Morgan fingerprint density at radius 1 is 1.20 bits per heavy atom. The second-order valence-corrected chi connectivity index (χ2v) is 7.46. The first-order chi connectivity index (χ1) is 8.98. The molecule has 5 heteroatoms. The second kappa shape index (κ2) is 6.12. The maximum Gasteiger partial charge on any atom is 0.323 e. The average Bonchev–Trinajstić information content (AvgIpc) is 2.59. The van der Waals surface area contributed by atoms with Crippen molar-refractivity contribution in [1.82, 2.24) is 10.2 Å². The quantitative estimate of drug-likeness (QED) is 0.802. The van der Waals surface area contributed by atoms with Crippen molar-refractivity contribution in [3.63, 3.8) is 0 Å². The molecule has 1 heterocycles. The van der Waals surface area contributed by atoms with Gasteiger partial charge in [-0.1, -0.05) is 0 Å². The zero-order valence-electron chi connectivity index (χ0n) is 13.6. The SMILES string of the molecule is CC(C)(C)NC(=O)CN1CCC[C@@H]1C(=O)OC(C)(C)C. The summed E-state index contributed by atoms with van der Waals surface area (Å²) in [6.45, 7) is 12.4. The number of nitrogens with zero attached hydrogens (tertiary/aromatic N) is 1. The van der Waals surface area contributed by atoms with Crippen molar-refractivity contribution in [1.29, 1.82) is 0 Å². The molecule has 1 aliphatic heterocycles. The summed E-state index contributed by atoms with van der Waals surface area (Å²) in [5.74, 6) is -0.272. The molecule has 1 rings (SSSR count). The Bertz CT molecular complexity index is 366. The summed E-state index contributed by atoms with van der Waals surface area (Å²) >= 11 is 0. The van der Waals surface area contributed by atoms with E-state index in [4.69, 9.17) is 4.74 Å². The molecule has 0 unspecified atom stereocenters. The predicted octanol–water partition coefficient (Wildman–Crippen LogP) is 1.71. The van der Waals surface area contributed by atoms with E-state index in [1.807, 2.05) is 46.4 Å². The van der Waals surface area contributed by atoms with Crippen LogP contribution < -0.4 is 5.32 Å². The zero-order valence-corrected chi connectivity index (χ0v) is 13.6. The molecule has 1 atom stereocenters. The molecular weight excluding hydrogens is 256 g/mol. The number of amides is 1. The van der Waals surface area contributed by atoms with Crippen LogP contribution in [0.4, 0.5) is 0 Å². The van der Waals surface area contributed by atoms with Crippen LogP contribution in [0, 0.1) is 0 Å². The maximum absolute atomic E-state index is 12.1. The summed E-state index contributed by atoms with van der Waals surface area (Å²) in [5, 5.41) is 2.92. The van der Waals surface area contributed by atoms with E-state index < -0.39 is 5.60 Å². The summed E-state index contributed by atoms with van der Waals surface area (Å²) in [6, 6.07) is -0.292. The highest BCUT2D eigenvalue weighted by Gasteiger charge is 2.35. The first-order valence-electron chi connectivity index (χ1n) is 7.26. The first kappa shape index (κ1) is 17.0. The molecule has 0 radical (unpaired) electrons. The van der Waals surface area contributed by atoms with Crippen LogP contribution in [0.2, 0.25) is 0 Å². The zero-order chi connectivity index (χ0) is 15.6. The summed E-state index contributed by atoms with van der Waals surface area (Å²) < 4.78 is 5.42. The van der Waals surface area contributed by atoms with Crippen molar-refractivity contribution in [2.75, 3.05) is 13.1 Å². The smallest absolute Gasteiger partial charge is 0.323 e. The van der Waals surface area contributed by atoms with Gasteiger partial charge in [0.1, 0.15) is 11.6 Å². The molecule has 0 aromatic rings. The minimum atomic E-state index is -0.487. The fourth-order valence-electron chi connectivity index (χ4n) is 2.29. The highest BCUT2D eigenvalue weighted by Crippen LogP contribution is 2.20. The summed E-state index contributed by atoms with van der Waals surface area (Å²) in [4.78, 5) is 26.0. The van der Waals surface area contributed by atoms with Crippen LogP contribution in [0.25, 0.3) is 0 Å². The van der Waals surface area contributed by atoms with E-state index in [2.05, 4.69) is 5.32 Å². The molecule has 0 aliphatic carbocycles. The Morgan fingerprint density at radius 3 is 2.30 bits per heavy atom. The molecule has 1 fully saturated rings. The standard InChI is InChI=1S/C15H28N2O3/c1-14(2,3)16-12(18)10-17-9-7-8-11(17)13(19)20-15(4,5)6/h11H,7-10H2,1-6H3,(H,16,18)/t11-/m1/s1. The van der Waals surface area contributed by atoms with Crippen molar-refractivity contribution in [2.24, 2.45) is 0 Å². The van der Waals surface area contributed by atoms with Gasteiger partial charge in [-0.05, 0) is 60.9 Å². The Labute approximate surface area is 122 Å². The van der Waals surface area contributed by atoms with Crippen LogP contribution in [0.5, 0.6) is 0 Å². The van der Waals surface area contributed by atoms with Crippen LogP contribution in [0.1, 0.15) is 54.4 Å². The topological polar surface area (TPSA) is 58.6 Å². The molecule has 116 valence electrons. The van der Waals surface area contributed by atoms with E-state index in [-0.39, 0.29) is 30.0 Å². The molecule has 1 N–H and O–H groups in total. The van der Waals surface area contributed by atoms with Gasteiger partial charge in [0.05, 0.1) is 6.54 Å². The van der Waals surface area contributed by atoms with E-state index in [1.54, 1.807) is 0 Å². The number of esters is 1. The van der Waals surface area contributed by atoms with Gasteiger partial charge < -0.3 is 10.1 Å². The Balaban J connectivity index is 2.57. The molecule has 0 aromatic heterocycles. The molecular formula is C15H28N2O3. The number of rotatable bonds is 3. The third kappa shape index (κ3) is 5.90. The van der Waals surface area contributed by atoms with Crippen molar-refractivity contribution >= 4 is 11.9 Å². The number of likely N-dealkylation sites (tertiary alicyclic amines) is 1. The third-order valence-corrected chi connectivity index (χ3v) is 2.90. The number of ether oxygens (including phenoxy) is 1. The largest absolute Gasteiger partial charge is 0.459 e. The van der Waals surface area contributed by atoms with Crippen LogP contribution in [0.3, 0.4) is 0 Å². The molecule has 1 amide bonds. The van der Waals surface area contributed by atoms with Gasteiger partial charge in [0, 0.05) is 5.54 Å². The Kier molecular flexibility index (Phi) is 5.19. The number of nitrogens with one attached hydrogen (secondary N) is 1. The summed E-state index contributed by atoms with van der Waals surface area (Å²) in [5.41, 5.74) is -0.739. The molecule has 0 spiro atoms. The van der Waals surface area contributed by atoms with Gasteiger partial charge >= 0.3 is 5.97 Å². The molecule has 5 nitrogen and oxygen atoms in total. The molecule has 20 heavy (non-hydrogen) atoms. The second-order valence-electron chi connectivity index (χ2n) is 7.46. The van der Waals surface area contributed by atoms with Gasteiger partial charge in [-0.3, -0.25) is 14.5 Å². The predicted molar refractivity (Wildman–Crippen MR) is 78.3 cm³/mol. The lowest BCUT2D eigenvalue weighted by Gasteiger charge is -2.28. The highest BCUT2D eigenvalue weighted by atomic mass is 16.6. The number of carbonyl (C=O) groups is 2. The molecule has 0 bridgehead atoms. The molecule has 1 saturated heterocycles. The number of hydrogen-bond acceptors (Lipinski definition) is 4. The van der Waals surface area contributed by atoms with E-state index in [1.165, 1.54) is 0 Å². The van der Waals surface area contributed by atoms with E-state index in [0.29, 0.717) is 0 Å².